The molecule has 0 radical (unpaired) electrons. The number of amides is 1. The molecule has 3 nitrogen and oxygen atoms in total. The summed E-state index contributed by atoms with van der Waals surface area (Å²) in [6.45, 7) is 0. The second-order valence-electron chi connectivity index (χ2n) is 4.47. The maximum Gasteiger partial charge on any atom is 0.253 e. The average Bonchev–Trinajstić information content (AvgIpc) is 2.46. The summed E-state index contributed by atoms with van der Waals surface area (Å²) >= 11 is 0. The molecular weight excluding hydrogens is 238 g/mol. The summed E-state index contributed by atoms with van der Waals surface area (Å²) in [5, 5.41) is 0. The molecule has 0 N–H and O–H groups in total. The van der Waals surface area contributed by atoms with Gasteiger partial charge in [0.15, 0.2) is 5.78 Å². The van der Waals surface area contributed by atoms with Gasteiger partial charge >= 0.3 is 0 Å². The van der Waals surface area contributed by atoms with E-state index < -0.39 is 0 Å². The van der Waals surface area contributed by atoms with Crippen molar-refractivity contribution in [3.63, 3.8) is 0 Å². The van der Waals surface area contributed by atoms with Crippen molar-refractivity contribution in [2.24, 2.45) is 0 Å². The third-order valence-corrected chi connectivity index (χ3v) is 2.84. The zero-order valence-corrected chi connectivity index (χ0v) is 11.0. The van der Waals surface area contributed by atoms with Crippen LogP contribution >= 0.6 is 0 Å². The van der Waals surface area contributed by atoms with Crippen LogP contribution in [0.15, 0.2) is 54.6 Å². The van der Waals surface area contributed by atoms with Crippen LogP contribution in [-0.4, -0.2) is 30.7 Å². The predicted molar refractivity (Wildman–Crippen MR) is 74.3 cm³/mol. The summed E-state index contributed by atoms with van der Waals surface area (Å²) < 4.78 is 0. The lowest BCUT2D eigenvalue weighted by Crippen LogP contribution is -2.21. The van der Waals surface area contributed by atoms with Gasteiger partial charge in [0.2, 0.25) is 0 Å². The number of ketones is 1. The normalized spacial score (nSPS) is 10.0. The van der Waals surface area contributed by atoms with Crippen LogP contribution < -0.4 is 0 Å². The molecule has 0 bridgehead atoms. The van der Waals surface area contributed by atoms with Crippen molar-refractivity contribution in [3.05, 3.63) is 71.3 Å². The van der Waals surface area contributed by atoms with E-state index in [1.165, 1.54) is 4.90 Å². The van der Waals surface area contributed by atoms with E-state index in [-0.39, 0.29) is 11.7 Å². The van der Waals surface area contributed by atoms with Gasteiger partial charge in [0, 0.05) is 30.8 Å². The minimum Gasteiger partial charge on any atom is -0.345 e. The monoisotopic (exact) mass is 253 g/mol. The van der Waals surface area contributed by atoms with E-state index in [0.29, 0.717) is 16.7 Å². The zero-order chi connectivity index (χ0) is 13.8. The Hall–Kier alpha value is -2.42. The minimum atomic E-state index is -0.0706. The van der Waals surface area contributed by atoms with Crippen molar-refractivity contribution in [1.82, 2.24) is 4.90 Å². The van der Waals surface area contributed by atoms with Crippen molar-refractivity contribution in [2.75, 3.05) is 14.1 Å². The van der Waals surface area contributed by atoms with E-state index in [0.717, 1.165) is 0 Å². The molecule has 0 fully saturated rings. The van der Waals surface area contributed by atoms with E-state index in [4.69, 9.17) is 0 Å². The summed E-state index contributed by atoms with van der Waals surface area (Å²) in [7, 11) is 3.40. The SMILES string of the molecule is CN(C)C(=O)c1ccc(C(=O)c2ccccc2)cc1. The Balaban J connectivity index is 2.24. The summed E-state index contributed by atoms with van der Waals surface area (Å²) in [5.41, 5.74) is 1.81. The number of rotatable bonds is 3. The molecule has 96 valence electrons. The van der Waals surface area contributed by atoms with Gasteiger partial charge in [-0.3, -0.25) is 9.59 Å². The van der Waals surface area contributed by atoms with Gasteiger partial charge in [0.1, 0.15) is 0 Å². The Morgan fingerprint density at radius 1 is 0.737 bits per heavy atom. The van der Waals surface area contributed by atoms with Crippen molar-refractivity contribution < 1.29 is 9.59 Å². The van der Waals surface area contributed by atoms with Gasteiger partial charge in [0.25, 0.3) is 5.91 Å². The lowest BCUT2D eigenvalue weighted by Gasteiger charge is -2.10. The molecule has 0 aliphatic carbocycles. The number of hydrogen-bond donors (Lipinski definition) is 0. The molecule has 2 rings (SSSR count). The molecule has 1 amide bonds. The maximum absolute atomic E-state index is 12.2. The van der Waals surface area contributed by atoms with Crippen molar-refractivity contribution in [2.45, 2.75) is 0 Å². The largest absolute Gasteiger partial charge is 0.345 e. The zero-order valence-electron chi connectivity index (χ0n) is 11.0. The molecule has 0 aliphatic rings. The highest BCUT2D eigenvalue weighted by atomic mass is 16.2. The van der Waals surface area contributed by atoms with Gasteiger partial charge in [-0.05, 0) is 12.1 Å². The topological polar surface area (TPSA) is 37.4 Å². The Labute approximate surface area is 112 Å². The third-order valence-electron chi connectivity index (χ3n) is 2.84. The van der Waals surface area contributed by atoms with E-state index in [1.54, 1.807) is 50.5 Å². The first-order chi connectivity index (χ1) is 9.09. The van der Waals surface area contributed by atoms with Crippen LogP contribution in [0.5, 0.6) is 0 Å². The summed E-state index contributed by atoms with van der Waals surface area (Å²) in [6, 6.07) is 15.8. The Kier molecular flexibility index (Phi) is 3.76. The molecule has 2 aromatic carbocycles. The van der Waals surface area contributed by atoms with Crippen molar-refractivity contribution in [3.8, 4) is 0 Å². The third kappa shape index (κ3) is 2.88. The van der Waals surface area contributed by atoms with E-state index in [2.05, 4.69) is 0 Å². The Morgan fingerprint density at radius 3 is 1.74 bits per heavy atom. The number of carbonyl (C=O) groups is 2. The molecule has 3 heteroatoms. The lowest BCUT2D eigenvalue weighted by molar-refractivity contribution is 0.0827. The van der Waals surface area contributed by atoms with E-state index in [9.17, 15) is 9.59 Å². The quantitative estimate of drug-likeness (QED) is 0.788. The Morgan fingerprint density at radius 2 is 1.21 bits per heavy atom. The fourth-order valence-electron chi connectivity index (χ4n) is 1.78. The van der Waals surface area contributed by atoms with Gasteiger partial charge in [-0.2, -0.15) is 0 Å². The molecule has 0 unspecified atom stereocenters. The number of benzene rings is 2. The number of nitrogens with zero attached hydrogens (tertiary/aromatic N) is 1. The Bertz CT molecular complexity index is 586. The maximum atomic E-state index is 12.2. The van der Waals surface area contributed by atoms with Crippen molar-refractivity contribution in [1.29, 1.82) is 0 Å². The highest BCUT2D eigenvalue weighted by Crippen LogP contribution is 2.11. The van der Waals surface area contributed by atoms with E-state index in [1.807, 2.05) is 18.2 Å². The van der Waals surface area contributed by atoms with Gasteiger partial charge < -0.3 is 4.90 Å². The minimum absolute atomic E-state index is 0.0375. The van der Waals surface area contributed by atoms with Gasteiger partial charge in [-0.1, -0.05) is 42.5 Å². The molecule has 19 heavy (non-hydrogen) atoms. The predicted octanol–water partition coefficient (Wildman–Crippen LogP) is 2.62. The van der Waals surface area contributed by atoms with Gasteiger partial charge in [0.05, 0.1) is 0 Å². The van der Waals surface area contributed by atoms with E-state index >= 15 is 0 Å². The smallest absolute Gasteiger partial charge is 0.253 e. The molecule has 0 heterocycles. The van der Waals surface area contributed by atoms with Crippen LogP contribution in [0.4, 0.5) is 0 Å². The molecule has 0 aliphatic heterocycles. The highest BCUT2D eigenvalue weighted by Gasteiger charge is 2.11. The van der Waals surface area contributed by atoms with Crippen LogP contribution in [0.2, 0.25) is 0 Å². The highest BCUT2D eigenvalue weighted by molar-refractivity contribution is 6.09. The summed E-state index contributed by atoms with van der Waals surface area (Å²) in [6.07, 6.45) is 0. The van der Waals surface area contributed by atoms with Crippen molar-refractivity contribution >= 4 is 11.7 Å². The van der Waals surface area contributed by atoms with Crippen LogP contribution in [0.1, 0.15) is 26.3 Å². The van der Waals surface area contributed by atoms with Crippen LogP contribution in [-0.2, 0) is 0 Å². The second-order valence-corrected chi connectivity index (χ2v) is 4.47. The second kappa shape index (κ2) is 5.48. The van der Waals surface area contributed by atoms with Crippen LogP contribution in [0, 0.1) is 0 Å². The summed E-state index contributed by atoms with van der Waals surface area (Å²) in [4.78, 5) is 25.4. The first-order valence-corrected chi connectivity index (χ1v) is 6.01. The number of carbonyl (C=O) groups excluding carboxylic acids is 2. The fraction of sp³-hybridized carbons (Fsp3) is 0.125. The van der Waals surface area contributed by atoms with Crippen LogP contribution in [0.3, 0.4) is 0 Å². The average molecular weight is 253 g/mol. The summed E-state index contributed by atoms with van der Waals surface area (Å²) in [5.74, 6) is -0.108. The molecule has 0 spiro atoms. The molecule has 0 aromatic heterocycles. The molecular formula is C16H15NO2. The molecule has 0 atom stereocenters. The first-order valence-electron chi connectivity index (χ1n) is 6.01. The standard InChI is InChI=1S/C16H15NO2/c1-17(2)16(19)14-10-8-13(9-11-14)15(18)12-6-4-3-5-7-12/h3-11H,1-2H3. The fourth-order valence-corrected chi connectivity index (χ4v) is 1.78. The number of hydrogen-bond acceptors (Lipinski definition) is 2. The molecule has 2 aromatic rings. The molecule has 0 saturated heterocycles. The molecule has 0 saturated carbocycles. The first kappa shape index (κ1) is 13.0. The van der Waals surface area contributed by atoms with Crippen LogP contribution in [0.25, 0.3) is 0 Å². The lowest BCUT2D eigenvalue weighted by atomic mass is 10.0. The van der Waals surface area contributed by atoms with Gasteiger partial charge in [-0.25, -0.2) is 0 Å². The van der Waals surface area contributed by atoms with Gasteiger partial charge in [-0.15, -0.1) is 0 Å².